The van der Waals surface area contributed by atoms with Crippen LogP contribution in [0.3, 0.4) is 0 Å². The molecular weight excluding hydrogens is 354 g/mol. The van der Waals surface area contributed by atoms with Gasteiger partial charge in [0, 0.05) is 39.1 Å². The van der Waals surface area contributed by atoms with Crippen molar-refractivity contribution >= 4 is 11.8 Å². The number of hydrogen-bond acceptors (Lipinski definition) is 5. The SMILES string of the molecule is O=C1[C@@H]2CCCC[C@H]2C(=O)N1CN1CCN(Cc2ccc3c(c2)CCO3)CC1. The van der Waals surface area contributed by atoms with E-state index in [0.717, 1.165) is 77.2 Å². The van der Waals surface area contributed by atoms with Crippen LogP contribution in [0.25, 0.3) is 0 Å². The van der Waals surface area contributed by atoms with Crippen LogP contribution >= 0.6 is 0 Å². The summed E-state index contributed by atoms with van der Waals surface area (Å²) in [5.41, 5.74) is 2.66. The maximum Gasteiger partial charge on any atom is 0.234 e. The lowest BCUT2D eigenvalue weighted by molar-refractivity contribution is -0.142. The molecule has 1 aromatic carbocycles. The average Bonchev–Trinajstić information content (AvgIpc) is 3.28. The smallest absolute Gasteiger partial charge is 0.234 e. The summed E-state index contributed by atoms with van der Waals surface area (Å²) in [7, 11) is 0. The molecule has 1 saturated carbocycles. The molecule has 0 radical (unpaired) electrons. The van der Waals surface area contributed by atoms with Crippen molar-refractivity contribution in [2.24, 2.45) is 11.8 Å². The topological polar surface area (TPSA) is 53.1 Å². The molecule has 2 amide bonds. The van der Waals surface area contributed by atoms with Gasteiger partial charge in [-0.15, -0.1) is 0 Å². The average molecular weight is 383 g/mol. The Balaban J connectivity index is 1.14. The van der Waals surface area contributed by atoms with Gasteiger partial charge in [0.25, 0.3) is 0 Å². The number of benzene rings is 1. The summed E-state index contributed by atoms with van der Waals surface area (Å²) in [5.74, 6) is 1.13. The number of piperazine rings is 1. The molecule has 0 spiro atoms. The van der Waals surface area contributed by atoms with Crippen molar-refractivity contribution in [1.82, 2.24) is 14.7 Å². The molecule has 0 aromatic heterocycles. The Hall–Kier alpha value is -1.92. The van der Waals surface area contributed by atoms with Gasteiger partial charge in [-0.3, -0.25) is 24.3 Å². The second kappa shape index (κ2) is 7.48. The number of carbonyl (C=O) groups excluding carboxylic acids is 2. The lowest BCUT2D eigenvalue weighted by Crippen LogP contribution is -2.51. The monoisotopic (exact) mass is 383 g/mol. The fourth-order valence-corrected chi connectivity index (χ4v) is 5.26. The van der Waals surface area contributed by atoms with Crippen LogP contribution in [-0.2, 0) is 22.6 Å². The van der Waals surface area contributed by atoms with Gasteiger partial charge in [0.05, 0.1) is 25.1 Å². The first kappa shape index (κ1) is 18.1. The zero-order chi connectivity index (χ0) is 19.1. The van der Waals surface area contributed by atoms with Crippen molar-refractivity contribution < 1.29 is 14.3 Å². The molecule has 3 aliphatic heterocycles. The quantitative estimate of drug-likeness (QED) is 0.743. The summed E-state index contributed by atoms with van der Waals surface area (Å²) in [6.07, 6.45) is 4.97. The van der Waals surface area contributed by atoms with Gasteiger partial charge in [-0.2, -0.15) is 0 Å². The Kier molecular flexibility index (Phi) is 4.85. The van der Waals surface area contributed by atoms with Crippen LogP contribution in [0.2, 0.25) is 0 Å². The summed E-state index contributed by atoms with van der Waals surface area (Å²) >= 11 is 0. The molecule has 6 nitrogen and oxygen atoms in total. The highest BCUT2D eigenvalue weighted by atomic mass is 16.5. The first-order valence-corrected chi connectivity index (χ1v) is 10.7. The van der Waals surface area contributed by atoms with Crippen molar-refractivity contribution in [2.45, 2.75) is 38.6 Å². The highest BCUT2D eigenvalue weighted by Gasteiger charge is 2.48. The molecule has 4 aliphatic rings. The largest absolute Gasteiger partial charge is 0.493 e. The van der Waals surface area contributed by atoms with Crippen LogP contribution in [0.5, 0.6) is 5.75 Å². The molecule has 2 atom stereocenters. The van der Waals surface area contributed by atoms with Crippen LogP contribution in [0.4, 0.5) is 0 Å². The highest BCUT2D eigenvalue weighted by Crippen LogP contribution is 2.38. The molecule has 0 unspecified atom stereocenters. The van der Waals surface area contributed by atoms with Crippen LogP contribution < -0.4 is 4.74 Å². The lowest BCUT2D eigenvalue weighted by atomic mass is 9.81. The van der Waals surface area contributed by atoms with E-state index in [1.165, 1.54) is 11.1 Å². The second-order valence-electron chi connectivity index (χ2n) is 8.68. The Morgan fingerprint density at radius 3 is 2.32 bits per heavy atom. The van der Waals surface area contributed by atoms with Crippen LogP contribution in [-0.4, -0.2) is 66.0 Å². The Labute approximate surface area is 166 Å². The zero-order valence-electron chi connectivity index (χ0n) is 16.4. The van der Waals surface area contributed by atoms with E-state index in [1.54, 1.807) is 4.90 Å². The number of nitrogens with zero attached hydrogens (tertiary/aromatic N) is 3. The van der Waals surface area contributed by atoms with E-state index in [2.05, 4.69) is 28.0 Å². The van der Waals surface area contributed by atoms with Gasteiger partial charge in [-0.1, -0.05) is 25.0 Å². The minimum absolute atomic E-state index is 0.0358. The molecule has 0 bridgehead atoms. The van der Waals surface area contributed by atoms with Crippen LogP contribution in [0.15, 0.2) is 18.2 Å². The molecule has 1 aliphatic carbocycles. The first-order chi connectivity index (χ1) is 13.7. The van der Waals surface area contributed by atoms with Crippen LogP contribution in [0.1, 0.15) is 36.8 Å². The van der Waals surface area contributed by atoms with Crippen molar-refractivity contribution in [3.8, 4) is 5.75 Å². The standard InChI is InChI=1S/C22H29N3O3/c26-21-18-3-1-2-4-19(18)22(27)25(21)15-24-10-8-23(9-11-24)14-16-5-6-20-17(13-16)7-12-28-20/h5-6,13,18-19H,1-4,7-12,14-15H2/t18-,19-/m1/s1. The van der Waals surface area contributed by atoms with E-state index in [0.29, 0.717) is 6.67 Å². The fourth-order valence-electron chi connectivity index (χ4n) is 5.26. The summed E-state index contributed by atoms with van der Waals surface area (Å²) < 4.78 is 5.59. The van der Waals surface area contributed by atoms with Crippen molar-refractivity contribution in [1.29, 1.82) is 0 Å². The fraction of sp³-hybridized carbons (Fsp3) is 0.636. The van der Waals surface area contributed by atoms with E-state index >= 15 is 0 Å². The second-order valence-corrected chi connectivity index (χ2v) is 8.68. The Morgan fingerprint density at radius 1 is 0.929 bits per heavy atom. The van der Waals surface area contributed by atoms with Gasteiger partial charge in [0.1, 0.15) is 5.75 Å². The molecule has 0 N–H and O–H groups in total. The maximum atomic E-state index is 12.7. The van der Waals surface area contributed by atoms with E-state index in [9.17, 15) is 9.59 Å². The molecule has 6 heteroatoms. The molecule has 1 aromatic rings. The van der Waals surface area contributed by atoms with Gasteiger partial charge in [-0.25, -0.2) is 0 Å². The van der Waals surface area contributed by atoms with Crippen molar-refractivity contribution in [2.75, 3.05) is 39.5 Å². The predicted molar refractivity (Wildman–Crippen MR) is 105 cm³/mol. The van der Waals surface area contributed by atoms with Gasteiger partial charge in [0.2, 0.25) is 11.8 Å². The van der Waals surface area contributed by atoms with E-state index in [-0.39, 0.29) is 23.7 Å². The Bertz CT molecular complexity index is 748. The number of hydrogen-bond donors (Lipinski definition) is 0. The molecule has 3 fully saturated rings. The third-order valence-electron chi connectivity index (χ3n) is 6.90. The zero-order valence-corrected chi connectivity index (χ0v) is 16.4. The normalized spacial score (nSPS) is 28.4. The van der Waals surface area contributed by atoms with Gasteiger partial charge < -0.3 is 4.74 Å². The summed E-state index contributed by atoms with van der Waals surface area (Å²) in [4.78, 5) is 31.6. The van der Waals surface area contributed by atoms with Crippen LogP contribution in [0, 0.1) is 11.8 Å². The molecule has 150 valence electrons. The van der Waals surface area contributed by atoms with E-state index in [1.807, 2.05) is 0 Å². The third kappa shape index (κ3) is 3.33. The first-order valence-electron chi connectivity index (χ1n) is 10.7. The number of imide groups is 1. The van der Waals surface area contributed by atoms with E-state index in [4.69, 9.17) is 4.74 Å². The van der Waals surface area contributed by atoms with Crippen molar-refractivity contribution in [3.63, 3.8) is 0 Å². The predicted octanol–water partition coefficient (Wildman–Crippen LogP) is 1.87. The number of amides is 2. The van der Waals surface area contributed by atoms with Crippen molar-refractivity contribution in [3.05, 3.63) is 29.3 Å². The minimum Gasteiger partial charge on any atom is -0.493 e. The number of ether oxygens (including phenoxy) is 1. The minimum atomic E-state index is -0.0358. The highest BCUT2D eigenvalue weighted by molar-refractivity contribution is 6.05. The number of carbonyl (C=O) groups is 2. The number of fused-ring (bicyclic) bond motifs is 2. The Morgan fingerprint density at radius 2 is 1.61 bits per heavy atom. The van der Waals surface area contributed by atoms with Gasteiger partial charge >= 0.3 is 0 Å². The molecular formula is C22H29N3O3. The maximum absolute atomic E-state index is 12.7. The lowest BCUT2D eigenvalue weighted by Gasteiger charge is -2.36. The summed E-state index contributed by atoms with van der Waals surface area (Å²) in [6.45, 7) is 5.98. The number of likely N-dealkylation sites (tertiary alicyclic amines) is 1. The molecule has 5 rings (SSSR count). The molecule has 28 heavy (non-hydrogen) atoms. The van der Waals surface area contributed by atoms with Gasteiger partial charge in [-0.05, 0) is 30.0 Å². The third-order valence-corrected chi connectivity index (χ3v) is 6.90. The van der Waals surface area contributed by atoms with Gasteiger partial charge in [0.15, 0.2) is 0 Å². The molecule has 3 heterocycles. The number of rotatable bonds is 4. The van der Waals surface area contributed by atoms with E-state index < -0.39 is 0 Å². The molecule has 2 saturated heterocycles. The summed E-state index contributed by atoms with van der Waals surface area (Å²) in [6, 6.07) is 6.54. The summed E-state index contributed by atoms with van der Waals surface area (Å²) in [5, 5.41) is 0.